The summed E-state index contributed by atoms with van der Waals surface area (Å²) in [6.07, 6.45) is 2.38. The van der Waals surface area contributed by atoms with Crippen molar-refractivity contribution >= 4 is 11.8 Å². The summed E-state index contributed by atoms with van der Waals surface area (Å²) >= 11 is 0. The van der Waals surface area contributed by atoms with Crippen LogP contribution in [0.1, 0.15) is 33.1 Å². The van der Waals surface area contributed by atoms with Crippen molar-refractivity contribution in [1.29, 1.82) is 0 Å². The minimum absolute atomic E-state index is 0.0251. The monoisotopic (exact) mass is 253 g/mol. The fourth-order valence-electron chi connectivity index (χ4n) is 3.06. The fraction of sp³-hybridized carbons (Fsp3) is 0.846. The quantitative estimate of drug-likeness (QED) is 0.747. The van der Waals surface area contributed by atoms with E-state index in [1.165, 1.54) is 0 Å². The molecule has 3 unspecified atom stereocenters. The summed E-state index contributed by atoms with van der Waals surface area (Å²) in [6.45, 7) is 6.37. The first kappa shape index (κ1) is 13.3. The molecule has 102 valence electrons. The Morgan fingerprint density at radius 3 is 3.11 bits per heavy atom. The van der Waals surface area contributed by atoms with E-state index in [1.54, 1.807) is 0 Å². The smallest absolute Gasteiger partial charge is 0.225 e. The molecule has 5 nitrogen and oxygen atoms in total. The van der Waals surface area contributed by atoms with Gasteiger partial charge in [0.1, 0.15) is 0 Å². The summed E-state index contributed by atoms with van der Waals surface area (Å²) < 4.78 is 0. The van der Waals surface area contributed by atoms with Crippen molar-refractivity contribution in [1.82, 2.24) is 15.5 Å². The van der Waals surface area contributed by atoms with Crippen LogP contribution in [0.2, 0.25) is 0 Å². The third kappa shape index (κ3) is 2.66. The summed E-state index contributed by atoms with van der Waals surface area (Å²) in [5, 5.41) is 6.13. The Bertz CT molecular complexity index is 332. The molecule has 2 aliphatic heterocycles. The van der Waals surface area contributed by atoms with E-state index in [9.17, 15) is 9.59 Å². The van der Waals surface area contributed by atoms with Crippen molar-refractivity contribution in [3.05, 3.63) is 0 Å². The van der Waals surface area contributed by atoms with Crippen molar-refractivity contribution < 1.29 is 9.59 Å². The van der Waals surface area contributed by atoms with Crippen molar-refractivity contribution in [2.75, 3.05) is 19.6 Å². The molecule has 0 saturated carbocycles. The van der Waals surface area contributed by atoms with Crippen molar-refractivity contribution in [2.45, 2.75) is 45.2 Å². The molecule has 0 aliphatic carbocycles. The second kappa shape index (κ2) is 5.69. The zero-order valence-electron chi connectivity index (χ0n) is 11.2. The molecule has 2 aliphatic rings. The molecule has 2 rings (SSSR count). The van der Waals surface area contributed by atoms with E-state index in [1.807, 2.05) is 18.7 Å². The highest BCUT2D eigenvalue weighted by molar-refractivity contribution is 5.84. The summed E-state index contributed by atoms with van der Waals surface area (Å²) in [4.78, 5) is 25.8. The number of nitrogens with zero attached hydrogens (tertiary/aromatic N) is 1. The Morgan fingerprint density at radius 1 is 1.61 bits per heavy atom. The molecule has 5 heteroatoms. The second-order valence-corrected chi connectivity index (χ2v) is 5.31. The van der Waals surface area contributed by atoms with Crippen LogP contribution in [-0.2, 0) is 9.59 Å². The van der Waals surface area contributed by atoms with Crippen molar-refractivity contribution in [3.8, 4) is 0 Å². The number of carbonyl (C=O) groups excluding carboxylic acids is 2. The van der Waals surface area contributed by atoms with Gasteiger partial charge in [0, 0.05) is 25.6 Å². The van der Waals surface area contributed by atoms with E-state index in [0.717, 1.165) is 25.9 Å². The lowest BCUT2D eigenvalue weighted by Crippen LogP contribution is -2.50. The molecule has 0 spiro atoms. The van der Waals surface area contributed by atoms with Crippen LogP contribution < -0.4 is 10.6 Å². The average Bonchev–Trinajstić information content (AvgIpc) is 2.71. The Kier molecular flexibility index (Phi) is 4.22. The zero-order valence-corrected chi connectivity index (χ0v) is 11.2. The first-order chi connectivity index (χ1) is 8.63. The zero-order chi connectivity index (χ0) is 13.1. The van der Waals surface area contributed by atoms with Gasteiger partial charge in [-0.2, -0.15) is 0 Å². The van der Waals surface area contributed by atoms with Gasteiger partial charge in [-0.25, -0.2) is 0 Å². The largest absolute Gasteiger partial charge is 0.354 e. The Balaban J connectivity index is 1.95. The van der Waals surface area contributed by atoms with Crippen LogP contribution in [0.4, 0.5) is 0 Å². The maximum atomic E-state index is 12.3. The van der Waals surface area contributed by atoms with E-state index in [-0.39, 0.29) is 29.8 Å². The maximum Gasteiger partial charge on any atom is 0.225 e. The Morgan fingerprint density at radius 2 is 2.39 bits per heavy atom. The topological polar surface area (TPSA) is 61.4 Å². The molecule has 2 N–H and O–H groups in total. The summed E-state index contributed by atoms with van der Waals surface area (Å²) in [5.74, 6) is 0.323. The predicted molar refractivity (Wildman–Crippen MR) is 69.0 cm³/mol. The van der Waals surface area contributed by atoms with Gasteiger partial charge in [0.25, 0.3) is 0 Å². The lowest BCUT2D eigenvalue weighted by atomic mass is 9.91. The van der Waals surface area contributed by atoms with Gasteiger partial charge < -0.3 is 15.5 Å². The number of carbonyl (C=O) groups is 2. The third-order valence-electron chi connectivity index (χ3n) is 3.95. The highest BCUT2D eigenvalue weighted by Crippen LogP contribution is 2.27. The molecule has 0 radical (unpaired) electrons. The maximum absolute atomic E-state index is 12.3. The van der Waals surface area contributed by atoms with Gasteiger partial charge in [0.2, 0.25) is 11.8 Å². The van der Waals surface area contributed by atoms with Crippen LogP contribution in [0.3, 0.4) is 0 Å². The minimum atomic E-state index is 0.0251. The average molecular weight is 253 g/mol. The molecular formula is C13H23N3O2. The number of hydrogen-bond donors (Lipinski definition) is 2. The van der Waals surface area contributed by atoms with Gasteiger partial charge in [0.15, 0.2) is 0 Å². The summed E-state index contributed by atoms with van der Waals surface area (Å²) in [5.41, 5.74) is 0. The van der Waals surface area contributed by atoms with E-state index < -0.39 is 0 Å². The van der Waals surface area contributed by atoms with Gasteiger partial charge in [-0.05, 0) is 26.3 Å². The SMILES string of the molecule is CCNC(C)CC(=O)N1CCCC2C(=O)NCC21. The summed E-state index contributed by atoms with van der Waals surface area (Å²) in [7, 11) is 0. The van der Waals surface area contributed by atoms with Gasteiger partial charge in [-0.3, -0.25) is 9.59 Å². The van der Waals surface area contributed by atoms with Crippen LogP contribution >= 0.6 is 0 Å². The lowest BCUT2D eigenvalue weighted by molar-refractivity contribution is -0.137. The molecule has 18 heavy (non-hydrogen) atoms. The van der Waals surface area contributed by atoms with Crippen LogP contribution in [0.25, 0.3) is 0 Å². The van der Waals surface area contributed by atoms with Crippen molar-refractivity contribution in [3.63, 3.8) is 0 Å². The fourth-order valence-corrected chi connectivity index (χ4v) is 3.06. The molecule has 2 amide bonds. The number of likely N-dealkylation sites (tertiary alicyclic amines) is 1. The number of nitrogens with one attached hydrogen (secondary N) is 2. The second-order valence-electron chi connectivity index (χ2n) is 5.31. The molecule has 2 heterocycles. The molecule has 0 aromatic heterocycles. The van der Waals surface area contributed by atoms with Crippen molar-refractivity contribution in [2.24, 2.45) is 5.92 Å². The van der Waals surface area contributed by atoms with E-state index in [4.69, 9.17) is 0 Å². The number of hydrogen-bond acceptors (Lipinski definition) is 3. The standard InChI is InChI=1S/C13H23N3O2/c1-3-14-9(2)7-12(17)16-6-4-5-10-11(16)8-15-13(10)18/h9-11,14H,3-8H2,1-2H3,(H,15,18). The third-order valence-corrected chi connectivity index (χ3v) is 3.95. The van der Waals surface area contributed by atoms with Gasteiger partial charge in [-0.15, -0.1) is 0 Å². The molecular weight excluding hydrogens is 230 g/mol. The van der Waals surface area contributed by atoms with Crippen LogP contribution in [-0.4, -0.2) is 48.4 Å². The molecule has 0 aromatic carbocycles. The normalized spacial score (nSPS) is 28.8. The number of amides is 2. The Labute approximate surface area is 108 Å². The number of rotatable bonds is 4. The number of fused-ring (bicyclic) bond motifs is 1. The van der Waals surface area contributed by atoms with Gasteiger partial charge in [-0.1, -0.05) is 6.92 Å². The minimum Gasteiger partial charge on any atom is -0.354 e. The molecule has 2 fully saturated rings. The lowest BCUT2D eigenvalue weighted by Gasteiger charge is -2.36. The molecule has 0 aromatic rings. The molecule has 2 saturated heterocycles. The van der Waals surface area contributed by atoms with E-state index in [0.29, 0.717) is 13.0 Å². The van der Waals surface area contributed by atoms with Crippen LogP contribution in [0, 0.1) is 5.92 Å². The van der Waals surface area contributed by atoms with Gasteiger partial charge in [0.05, 0.1) is 12.0 Å². The van der Waals surface area contributed by atoms with Crippen LogP contribution in [0.5, 0.6) is 0 Å². The summed E-state index contributed by atoms with van der Waals surface area (Å²) in [6, 6.07) is 0.292. The Hall–Kier alpha value is -1.10. The first-order valence-electron chi connectivity index (χ1n) is 6.94. The highest BCUT2D eigenvalue weighted by atomic mass is 16.2. The molecule has 3 atom stereocenters. The predicted octanol–water partition coefficient (Wildman–Crippen LogP) is 0.112. The van der Waals surface area contributed by atoms with Gasteiger partial charge >= 0.3 is 0 Å². The van der Waals surface area contributed by atoms with Crippen LogP contribution in [0.15, 0.2) is 0 Å². The highest BCUT2D eigenvalue weighted by Gasteiger charge is 2.42. The van der Waals surface area contributed by atoms with E-state index in [2.05, 4.69) is 10.6 Å². The van der Waals surface area contributed by atoms with E-state index >= 15 is 0 Å². The molecule has 0 bridgehead atoms. The number of piperidine rings is 1. The first-order valence-corrected chi connectivity index (χ1v) is 6.94.